The molecule has 1 N–H and O–H groups in total. The first-order valence-electron chi connectivity index (χ1n) is 11.3. The summed E-state index contributed by atoms with van der Waals surface area (Å²) in [4.78, 5) is 13.9. The number of amides is 1. The van der Waals surface area contributed by atoms with Gasteiger partial charge in [-0.3, -0.25) is 4.79 Å². The molecular formula is C23H38N4O2. The lowest BCUT2D eigenvalue weighted by Crippen LogP contribution is -2.39. The Hall–Kier alpha value is -1.69. The van der Waals surface area contributed by atoms with E-state index in [1.165, 1.54) is 12.0 Å². The molecule has 0 saturated carbocycles. The van der Waals surface area contributed by atoms with E-state index in [-0.39, 0.29) is 5.91 Å². The zero-order chi connectivity index (χ0) is 21.0. The van der Waals surface area contributed by atoms with Crippen LogP contribution < -0.4 is 5.32 Å². The highest BCUT2D eigenvalue weighted by Gasteiger charge is 2.34. The Labute approximate surface area is 175 Å². The number of aryl methyl sites for hydroxylation is 1. The van der Waals surface area contributed by atoms with Gasteiger partial charge in [-0.25, -0.2) is 0 Å². The Morgan fingerprint density at radius 3 is 2.79 bits per heavy atom. The fourth-order valence-electron chi connectivity index (χ4n) is 5.08. The lowest BCUT2D eigenvalue weighted by Gasteiger charge is -2.38. The van der Waals surface area contributed by atoms with Crippen LogP contribution >= 0.6 is 0 Å². The van der Waals surface area contributed by atoms with E-state index in [0.717, 1.165) is 57.1 Å². The second-order valence-corrected chi connectivity index (χ2v) is 9.40. The average molecular weight is 403 g/mol. The predicted molar refractivity (Wildman–Crippen MR) is 114 cm³/mol. The number of carbonyl (C=O) groups excluding carboxylic acids is 1. The molecule has 2 aliphatic rings. The molecular weight excluding hydrogens is 364 g/mol. The molecule has 29 heavy (non-hydrogen) atoms. The van der Waals surface area contributed by atoms with Gasteiger partial charge in [0.15, 0.2) is 0 Å². The fraction of sp³-hybridized carbons (Fsp3) is 0.783. The number of hydrogen-bond acceptors (Lipinski definition) is 5. The van der Waals surface area contributed by atoms with Gasteiger partial charge in [0, 0.05) is 45.4 Å². The molecule has 4 atom stereocenters. The van der Waals surface area contributed by atoms with E-state index in [0.29, 0.717) is 29.7 Å². The SMILES string of the molecule is CCCc1nnc(CC2CC(C(C)C)C(CN3CCC(NC(C)=O)C3)C=C2C)o1. The zero-order valence-electron chi connectivity index (χ0n) is 18.8. The maximum Gasteiger partial charge on any atom is 0.217 e. The number of nitrogens with one attached hydrogen (secondary N) is 1. The minimum atomic E-state index is 0.0799. The summed E-state index contributed by atoms with van der Waals surface area (Å²) in [6.07, 6.45) is 7.48. The first-order valence-corrected chi connectivity index (χ1v) is 11.3. The van der Waals surface area contributed by atoms with E-state index in [4.69, 9.17) is 4.42 Å². The van der Waals surface area contributed by atoms with Gasteiger partial charge < -0.3 is 14.6 Å². The van der Waals surface area contributed by atoms with Crippen molar-refractivity contribution in [2.75, 3.05) is 19.6 Å². The van der Waals surface area contributed by atoms with Crippen LogP contribution in [0.25, 0.3) is 0 Å². The summed E-state index contributed by atoms with van der Waals surface area (Å²) in [5, 5.41) is 11.5. The van der Waals surface area contributed by atoms with Crippen LogP contribution in [0.2, 0.25) is 0 Å². The van der Waals surface area contributed by atoms with Gasteiger partial charge >= 0.3 is 0 Å². The molecule has 162 valence electrons. The summed E-state index contributed by atoms with van der Waals surface area (Å²) >= 11 is 0. The van der Waals surface area contributed by atoms with Crippen LogP contribution in [0.4, 0.5) is 0 Å². The molecule has 1 aliphatic heterocycles. The van der Waals surface area contributed by atoms with Gasteiger partial charge in [-0.1, -0.05) is 32.4 Å². The van der Waals surface area contributed by atoms with E-state index in [1.807, 2.05) is 0 Å². The molecule has 0 radical (unpaired) electrons. The van der Waals surface area contributed by atoms with Gasteiger partial charge in [0.1, 0.15) is 0 Å². The third kappa shape index (κ3) is 5.91. The van der Waals surface area contributed by atoms with Crippen molar-refractivity contribution >= 4 is 5.91 Å². The van der Waals surface area contributed by atoms with Crippen molar-refractivity contribution in [3.8, 4) is 0 Å². The van der Waals surface area contributed by atoms with Gasteiger partial charge in [-0.15, -0.1) is 10.2 Å². The number of rotatable bonds is 8. The molecule has 1 amide bonds. The maximum atomic E-state index is 11.3. The largest absolute Gasteiger partial charge is 0.425 e. The summed E-state index contributed by atoms with van der Waals surface area (Å²) in [5.41, 5.74) is 1.46. The van der Waals surface area contributed by atoms with E-state index < -0.39 is 0 Å². The molecule has 0 spiro atoms. The van der Waals surface area contributed by atoms with Crippen molar-refractivity contribution in [2.45, 2.75) is 72.8 Å². The van der Waals surface area contributed by atoms with E-state index >= 15 is 0 Å². The lowest BCUT2D eigenvalue weighted by atomic mass is 9.69. The molecule has 0 bridgehead atoms. The Kier molecular flexibility index (Phi) is 7.49. The van der Waals surface area contributed by atoms with Crippen molar-refractivity contribution < 1.29 is 9.21 Å². The van der Waals surface area contributed by atoms with Gasteiger partial charge in [0.05, 0.1) is 0 Å². The molecule has 4 unspecified atom stereocenters. The average Bonchev–Trinajstić information content (AvgIpc) is 3.26. The van der Waals surface area contributed by atoms with E-state index in [2.05, 4.69) is 54.2 Å². The van der Waals surface area contributed by atoms with Crippen LogP contribution in [0.1, 0.15) is 65.7 Å². The van der Waals surface area contributed by atoms with Crippen LogP contribution in [-0.2, 0) is 17.6 Å². The highest BCUT2D eigenvalue weighted by molar-refractivity contribution is 5.73. The first-order chi connectivity index (χ1) is 13.9. The maximum absolute atomic E-state index is 11.3. The lowest BCUT2D eigenvalue weighted by molar-refractivity contribution is -0.119. The number of carbonyl (C=O) groups is 1. The normalized spacial score (nSPS) is 28.0. The minimum Gasteiger partial charge on any atom is -0.425 e. The van der Waals surface area contributed by atoms with Gasteiger partial charge in [0.25, 0.3) is 0 Å². The van der Waals surface area contributed by atoms with Crippen molar-refractivity contribution in [3.63, 3.8) is 0 Å². The molecule has 1 aliphatic carbocycles. The Bertz CT molecular complexity index is 711. The molecule has 6 nitrogen and oxygen atoms in total. The smallest absolute Gasteiger partial charge is 0.217 e. The second-order valence-electron chi connectivity index (χ2n) is 9.40. The fourth-order valence-corrected chi connectivity index (χ4v) is 5.08. The number of likely N-dealkylation sites (tertiary alicyclic amines) is 1. The summed E-state index contributed by atoms with van der Waals surface area (Å²) in [6.45, 7) is 13.8. The van der Waals surface area contributed by atoms with Crippen molar-refractivity contribution in [1.82, 2.24) is 20.4 Å². The predicted octanol–water partition coefficient (Wildman–Crippen LogP) is 3.63. The standard InChI is InChI=1S/C23H38N4O2/c1-6-7-22-25-26-23(29-22)12-18-11-21(15(2)3)19(10-16(18)4)13-27-9-8-20(14-27)24-17(5)28/h10,15,18-21H,6-9,11-14H2,1-5H3,(H,24,28). The number of nitrogens with zero attached hydrogens (tertiary/aromatic N) is 3. The van der Waals surface area contributed by atoms with Crippen molar-refractivity contribution in [2.24, 2.45) is 23.7 Å². The van der Waals surface area contributed by atoms with Gasteiger partial charge in [-0.2, -0.15) is 0 Å². The highest BCUT2D eigenvalue weighted by atomic mass is 16.4. The molecule has 6 heteroatoms. The van der Waals surface area contributed by atoms with E-state index in [1.54, 1.807) is 6.92 Å². The quantitative estimate of drug-likeness (QED) is 0.672. The summed E-state index contributed by atoms with van der Waals surface area (Å²) < 4.78 is 5.86. The van der Waals surface area contributed by atoms with E-state index in [9.17, 15) is 4.79 Å². The molecule has 1 fully saturated rings. The third-order valence-corrected chi connectivity index (χ3v) is 6.63. The van der Waals surface area contributed by atoms with Gasteiger partial charge in [0.2, 0.25) is 17.7 Å². The van der Waals surface area contributed by atoms with Crippen LogP contribution in [0.3, 0.4) is 0 Å². The number of aromatic nitrogens is 2. The highest BCUT2D eigenvalue weighted by Crippen LogP contribution is 2.39. The van der Waals surface area contributed by atoms with Crippen LogP contribution in [0.15, 0.2) is 16.1 Å². The Morgan fingerprint density at radius 1 is 1.34 bits per heavy atom. The number of allylic oxidation sites excluding steroid dienone is 1. The van der Waals surface area contributed by atoms with Gasteiger partial charge in [-0.05, 0) is 49.9 Å². The molecule has 2 heterocycles. The second kappa shape index (κ2) is 9.88. The van der Waals surface area contributed by atoms with Crippen molar-refractivity contribution in [3.05, 3.63) is 23.4 Å². The van der Waals surface area contributed by atoms with Crippen LogP contribution in [-0.4, -0.2) is 46.7 Å². The molecule has 1 aromatic heterocycles. The summed E-state index contributed by atoms with van der Waals surface area (Å²) in [7, 11) is 0. The third-order valence-electron chi connectivity index (χ3n) is 6.63. The molecule has 1 aromatic rings. The number of hydrogen-bond donors (Lipinski definition) is 1. The summed E-state index contributed by atoms with van der Waals surface area (Å²) in [5.74, 6) is 3.97. The topological polar surface area (TPSA) is 71.3 Å². The molecule has 3 rings (SSSR count). The van der Waals surface area contributed by atoms with Crippen LogP contribution in [0, 0.1) is 23.7 Å². The van der Waals surface area contributed by atoms with Crippen molar-refractivity contribution in [1.29, 1.82) is 0 Å². The first kappa shape index (κ1) is 22.0. The molecule has 0 aromatic carbocycles. The Balaban J connectivity index is 1.63. The van der Waals surface area contributed by atoms with Crippen LogP contribution in [0.5, 0.6) is 0 Å². The monoisotopic (exact) mass is 402 g/mol. The zero-order valence-corrected chi connectivity index (χ0v) is 18.8. The Morgan fingerprint density at radius 2 is 2.10 bits per heavy atom. The summed E-state index contributed by atoms with van der Waals surface area (Å²) in [6, 6.07) is 0.307. The minimum absolute atomic E-state index is 0.0799. The molecule has 1 saturated heterocycles.